The van der Waals surface area contributed by atoms with Crippen molar-refractivity contribution in [3.05, 3.63) is 28.2 Å². The number of hydrogen-bond donors (Lipinski definition) is 1. The maximum Gasteiger partial charge on any atom is 0.0702 e. The predicted molar refractivity (Wildman–Crippen MR) is 79.9 cm³/mol. The van der Waals surface area contributed by atoms with Gasteiger partial charge in [0.15, 0.2) is 0 Å². The van der Waals surface area contributed by atoms with Gasteiger partial charge in [-0.2, -0.15) is 0 Å². The summed E-state index contributed by atoms with van der Waals surface area (Å²) in [7, 11) is 2.16. The lowest BCUT2D eigenvalue weighted by Gasteiger charge is -2.36. The molecule has 0 bridgehead atoms. The molecule has 0 saturated heterocycles. The molecular formula is C15H22BrNO. The highest BCUT2D eigenvalue weighted by Crippen LogP contribution is 2.32. The van der Waals surface area contributed by atoms with E-state index >= 15 is 0 Å². The van der Waals surface area contributed by atoms with Crippen LogP contribution in [0.25, 0.3) is 0 Å². The van der Waals surface area contributed by atoms with Crippen LogP contribution in [-0.4, -0.2) is 18.2 Å². The average Bonchev–Trinajstić information content (AvgIpc) is 2.38. The lowest BCUT2D eigenvalue weighted by molar-refractivity contribution is 0.281. The van der Waals surface area contributed by atoms with Crippen molar-refractivity contribution in [2.45, 2.75) is 45.3 Å². The molecule has 0 spiro atoms. The molecule has 1 aliphatic carbocycles. The summed E-state index contributed by atoms with van der Waals surface area (Å²) in [6.45, 7) is 2.45. The van der Waals surface area contributed by atoms with E-state index in [0.29, 0.717) is 6.04 Å². The normalized spacial score (nSPS) is 24.0. The predicted octanol–water partition coefficient (Wildman–Crippen LogP) is 3.96. The van der Waals surface area contributed by atoms with Gasteiger partial charge in [-0.1, -0.05) is 41.8 Å². The zero-order valence-electron chi connectivity index (χ0n) is 11.2. The van der Waals surface area contributed by atoms with Gasteiger partial charge in [0.2, 0.25) is 0 Å². The van der Waals surface area contributed by atoms with Crippen LogP contribution in [0.2, 0.25) is 0 Å². The maximum atomic E-state index is 9.47. The molecule has 1 N–H and O–H groups in total. The topological polar surface area (TPSA) is 23.5 Å². The second-order valence-corrected chi connectivity index (χ2v) is 6.38. The summed E-state index contributed by atoms with van der Waals surface area (Å²) in [5, 5.41) is 9.47. The van der Waals surface area contributed by atoms with Crippen molar-refractivity contribution in [2.75, 3.05) is 11.9 Å². The largest absolute Gasteiger partial charge is 0.392 e. The van der Waals surface area contributed by atoms with Crippen LogP contribution in [0.5, 0.6) is 0 Å². The Morgan fingerprint density at radius 2 is 2.17 bits per heavy atom. The Morgan fingerprint density at radius 1 is 1.39 bits per heavy atom. The minimum atomic E-state index is 0.106. The number of anilines is 1. The van der Waals surface area contributed by atoms with Crippen LogP contribution in [0.15, 0.2) is 22.7 Å². The Morgan fingerprint density at radius 3 is 2.83 bits per heavy atom. The van der Waals surface area contributed by atoms with Gasteiger partial charge in [0.25, 0.3) is 0 Å². The minimum absolute atomic E-state index is 0.106. The minimum Gasteiger partial charge on any atom is -0.392 e. The molecule has 2 atom stereocenters. The Bertz CT molecular complexity index is 407. The second kappa shape index (κ2) is 6.07. The van der Waals surface area contributed by atoms with Gasteiger partial charge in [0.05, 0.1) is 6.61 Å². The summed E-state index contributed by atoms with van der Waals surface area (Å²) in [5.41, 5.74) is 2.17. The third-order valence-corrected chi connectivity index (χ3v) is 4.55. The van der Waals surface area contributed by atoms with E-state index in [1.165, 1.54) is 25.7 Å². The quantitative estimate of drug-likeness (QED) is 0.913. The average molecular weight is 312 g/mol. The SMILES string of the molecule is CC1CCCC(N(C)c2cc(Br)ccc2CO)C1. The van der Waals surface area contributed by atoms with Gasteiger partial charge in [-0.15, -0.1) is 0 Å². The molecule has 18 heavy (non-hydrogen) atoms. The Balaban J connectivity index is 2.21. The van der Waals surface area contributed by atoms with Crippen LogP contribution in [0, 0.1) is 5.92 Å². The van der Waals surface area contributed by atoms with Crippen LogP contribution in [0.1, 0.15) is 38.2 Å². The number of rotatable bonds is 3. The number of hydrogen-bond acceptors (Lipinski definition) is 2. The molecule has 2 rings (SSSR count). The van der Waals surface area contributed by atoms with Gasteiger partial charge in [-0.05, 0) is 30.9 Å². The van der Waals surface area contributed by atoms with Crippen molar-refractivity contribution in [1.82, 2.24) is 0 Å². The van der Waals surface area contributed by atoms with Gasteiger partial charge in [0, 0.05) is 28.8 Å². The number of nitrogens with zero attached hydrogens (tertiary/aromatic N) is 1. The van der Waals surface area contributed by atoms with E-state index in [9.17, 15) is 5.11 Å². The molecule has 0 amide bonds. The van der Waals surface area contributed by atoms with Gasteiger partial charge < -0.3 is 10.0 Å². The molecule has 3 heteroatoms. The molecule has 1 aromatic rings. The highest BCUT2D eigenvalue weighted by atomic mass is 79.9. The first kappa shape index (κ1) is 13.9. The van der Waals surface area contributed by atoms with E-state index in [1.54, 1.807) is 0 Å². The Hall–Kier alpha value is -0.540. The van der Waals surface area contributed by atoms with Gasteiger partial charge in [-0.25, -0.2) is 0 Å². The maximum absolute atomic E-state index is 9.47. The highest BCUT2D eigenvalue weighted by Gasteiger charge is 2.23. The molecule has 1 aliphatic rings. The molecule has 2 unspecified atom stereocenters. The number of aliphatic hydroxyl groups is 1. The van der Waals surface area contributed by atoms with Gasteiger partial charge in [-0.3, -0.25) is 0 Å². The van der Waals surface area contributed by atoms with E-state index in [4.69, 9.17) is 0 Å². The highest BCUT2D eigenvalue weighted by molar-refractivity contribution is 9.10. The number of halogens is 1. The van der Waals surface area contributed by atoms with E-state index in [2.05, 4.69) is 40.9 Å². The van der Waals surface area contributed by atoms with E-state index < -0.39 is 0 Å². The fourth-order valence-electron chi connectivity index (χ4n) is 2.95. The summed E-state index contributed by atoms with van der Waals surface area (Å²) in [6.07, 6.45) is 5.19. The van der Waals surface area contributed by atoms with Crippen LogP contribution >= 0.6 is 15.9 Å². The van der Waals surface area contributed by atoms with Crippen LogP contribution in [0.4, 0.5) is 5.69 Å². The number of aliphatic hydroxyl groups excluding tert-OH is 1. The second-order valence-electron chi connectivity index (χ2n) is 5.47. The molecule has 1 aromatic carbocycles. The number of benzene rings is 1. The molecule has 1 fully saturated rings. The monoisotopic (exact) mass is 311 g/mol. The van der Waals surface area contributed by atoms with Gasteiger partial charge >= 0.3 is 0 Å². The molecule has 0 heterocycles. The van der Waals surface area contributed by atoms with E-state index in [1.807, 2.05) is 12.1 Å². The molecule has 100 valence electrons. The van der Waals surface area contributed by atoms with Crippen molar-refractivity contribution < 1.29 is 5.11 Å². The Labute approximate surface area is 118 Å². The lowest BCUT2D eigenvalue weighted by atomic mass is 9.86. The third-order valence-electron chi connectivity index (χ3n) is 4.05. The van der Waals surface area contributed by atoms with E-state index in [-0.39, 0.29) is 6.61 Å². The molecule has 0 aromatic heterocycles. The zero-order chi connectivity index (χ0) is 13.1. The smallest absolute Gasteiger partial charge is 0.0702 e. The van der Waals surface area contributed by atoms with Crippen LogP contribution < -0.4 is 4.90 Å². The zero-order valence-corrected chi connectivity index (χ0v) is 12.8. The fraction of sp³-hybridized carbons (Fsp3) is 0.600. The van der Waals surface area contributed by atoms with Crippen molar-refractivity contribution in [3.63, 3.8) is 0 Å². The Kier molecular flexibility index (Phi) is 4.68. The summed E-state index contributed by atoms with van der Waals surface area (Å²) in [5.74, 6) is 0.816. The molecule has 2 nitrogen and oxygen atoms in total. The first-order valence-electron chi connectivity index (χ1n) is 6.74. The van der Waals surface area contributed by atoms with Crippen LogP contribution in [0.3, 0.4) is 0 Å². The van der Waals surface area contributed by atoms with Crippen LogP contribution in [-0.2, 0) is 6.61 Å². The summed E-state index contributed by atoms with van der Waals surface area (Å²) >= 11 is 3.52. The standard InChI is InChI=1S/C15H22BrNO/c1-11-4-3-5-14(8-11)17(2)15-9-13(16)7-6-12(15)10-18/h6-7,9,11,14,18H,3-5,8,10H2,1-2H3. The molecule has 0 radical (unpaired) electrons. The van der Waals surface area contributed by atoms with Crippen molar-refractivity contribution >= 4 is 21.6 Å². The lowest BCUT2D eigenvalue weighted by Crippen LogP contribution is -2.36. The first-order valence-corrected chi connectivity index (χ1v) is 7.53. The fourth-order valence-corrected chi connectivity index (χ4v) is 3.30. The van der Waals surface area contributed by atoms with Crippen molar-refractivity contribution in [1.29, 1.82) is 0 Å². The van der Waals surface area contributed by atoms with Gasteiger partial charge in [0.1, 0.15) is 0 Å². The van der Waals surface area contributed by atoms with Crippen molar-refractivity contribution in [3.8, 4) is 0 Å². The van der Waals surface area contributed by atoms with E-state index in [0.717, 1.165) is 21.6 Å². The molecule has 0 aliphatic heterocycles. The molecular weight excluding hydrogens is 290 g/mol. The summed E-state index contributed by atoms with van der Waals surface area (Å²) in [4.78, 5) is 2.35. The third kappa shape index (κ3) is 3.07. The van der Waals surface area contributed by atoms with Crippen molar-refractivity contribution in [2.24, 2.45) is 5.92 Å². The molecule has 1 saturated carbocycles. The first-order chi connectivity index (χ1) is 8.61. The summed E-state index contributed by atoms with van der Waals surface area (Å²) in [6, 6.07) is 6.72. The summed E-state index contributed by atoms with van der Waals surface area (Å²) < 4.78 is 1.07.